The zero-order chi connectivity index (χ0) is 21.7. The lowest BCUT2D eigenvalue weighted by molar-refractivity contribution is -0.252. The Morgan fingerprint density at radius 1 is 0.833 bits per heavy atom. The topological polar surface area (TPSA) is 148 Å². The highest BCUT2D eigenvalue weighted by molar-refractivity contribution is 6.10. The fraction of sp³-hybridized carbons (Fsp3) is 0.0476. The van der Waals surface area contributed by atoms with Gasteiger partial charge in [0.15, 0.2) is 0 Å². The van der Waals surface area contributed by atoms with E-state index in [-0.39, 0.29) is 29.2 Å². The van der Waals surface area contributed by atoms with Crippen molar-refractivity contribution in [2.75, 3.05) is 10.6 Å². The molecule has 0 radical (unpaired) electrons. The van der Waals surface area contributed by atoms with Crippen molar-refractivity contribution in [1.82, 2.24) is 0 Å². The Morgan fingerprint density at radius 3 is 2.13 bits per heavy atom. The fourth-order valence-electron chi connectivity index (χ4n) is 2.79. The van der Waals surface area contributed by atoms with E-state index in [1.54, 1.807) is 30.3 Å². The second-order valence-corrected chi connectivity index (χ2v) is 6.31. The lowest BCUT2D eigenvalue weighted by atomic mass is 10.1. The number of nitrogens with one attached hydrogen (secondary N) is 2. The third-order valence-electron chi connectivity index (χ3n) is 4.21. The van der Waals surface area contributed by atoms with Crippen molar-refractivity contribution in [2.45, 2.75) is 6.61 Å². The Kier molecular flexibility index (Phi) is 6.16. The summed E-state index contributed by atoms with van der Waals surface area (Å²) in [4.78, 5) is 27.9. The van der Waals surface area contributed by atoms with E-state index in [0.717, 1.165) is 6.07 Å². The molecule has 0 bridgehead atoms. The van der Waals surface area contributed by atoms with E-state index in [1.165, 1.54) is 24.3 Å². The van der Waals surface area contributed by atoms with E-state index >= 15 is 0 Å². The molecule has 9 heteroatoms. The van der Waals surface area contributed by atoms with Crippen LogP contribution in [0.25, 0.3) is 0 Å². The van der Waals surface area contributed by atoms with Gasteiger partial charge in [-0.25, -0.2) is 9.68 Å². The highest BCUT2D eigenvalue weighted by Crippen LogP contribution is 2.26. The number of carboxylic acid groups (broad SMARTS) is 1. The molecule has 9 nitrogen and oxygen atoms in total. The quantitative estimate of drug-likeness (QED) is 0.196. The van der Waals surface area contributed by atoms with Crippen LogP contribution in [-0.2, 0) is 11.5 Å². The van der Waals surface area contributed by atoms with Crippen LogP contribution in [0.2, 0.25) is 0 Å². The molecule has 0 aromatic heterocycles. The number of hydrogen-bond donors (Lipinski definition) is 6. The summed E-state index contributed by atoms with van der Waals surface area (Å²) >= 11 is 0. The van der Waals surface area contributed by atoms with Gasteiger partial charge in [-0.3, -0.25) is 10.1 Å². The highest BCUT2D eigenvalue weighted by atomic mass is 17.1. The largest absolute Gasteiger partial charge is 0.508 e. The summed E-state index contributed by atoms with van der Waals surface area (Å²) in [6.07, 6.45) is 0. The van der Waals surface area contributed by atoms with Gasteiger partial charge in [-0.15, -0.1) is 0 Å². The first-order valence-electron chi connectivity index (χ1n) is 8.70. The highest BCUT2D eigenvalue weighted by Gasteiger charge is 2.17. The number of phenolic OH excluding ortho intramolecular Hbond substituents is 2. The Labute approximate surface area is 170 Å². The molecule has 3 aromatic rings. The summed E-state index contributed by atoms with van der Waals surface area (Å²) in [7, 11) is 0. The minimum atomic E-state index is -1.33. The fourth-order valence-corrected chi connectivity index (χ4v) is 2.79. The molecule has 0 heterocycles. The summed E-state index contributed by atoms with van der Waals surface area (Å²) in [5.74, 6) is -2.18. The van der Waals surface area contributed by atoms with E-state index in [4.69, 9.17) is 5.26 Å². The van der Waals surface area contributed by atoms with Gasteiger partial charge in [0.05, 0.1) is 11.1 Å². The number of anilines is 3. The molecule has 0 aliphatic rings. The van der Waals surface area contributed by atoms with Gasteiger partial charge in [0.2, 0.25) is 0 Å². The maximum Gasteiger partial charge on any atom is 0.336 e. The number of aromatic hydroxyl groups is 2. The van der Waals surface area contributed by atoms with Crippen molar-refractivity contribution in [1.29, 1.82) is 0 Å². The number of benzene rings is 3. The lowest BCUT2D eigenvalue weighted by Gasteiger charge is -2.13. The van der Waals surface area contributed by atoms with Gasteiger partial charge >= 0.3 is 5.97 Å². The van der Waals surface area contributed by atoms with E-state index in [9.17, 15) is 24.9 Å². The molecule has 0 fully saturated rings. The molecule has 0 atom stereocenters. The summed E-state index contributed by atoms with van der Waals surface area (Å²) in [5, 5.41) is 42.6. The van der Waals surface area contributed by atoms with Gasteiger partial charge in [0, 0.05) is 22.6 Å². The first-order valence-corrected chi connectivity index (χ1v) is 8.70. The summed E-state index contributed by atoms with van der Waals surface area (Å²) in [6.45, 7) is -0.122. The molecule has 6 N–H and O–H groups in total. The van der Waals surface area contributed by atoms with Crippen LogP contribution >= 0.6 is 0 Å². The third kappa shape index (κ3) is 4.85. The standard InChI is InChI=1S/C21H18N2O7/c24-15-6-8-19(12(9-15)11-30-29)22-13-1-3-14(4-2-13)23-20(26)17-7-5-16(25)10-18(17)21(27)28/h1-10,22,24-25,29H,11H2,(H,23,26)(H,27,28). The monoisotopic (exact) mass is 410 g/mol. The summed E-state index contributed by atoms with van der Waals surface area (Å²) < 4.78 is 0. The SMILES string of the molecule is O=C(O)c1cc(O)ccc1C(=O)Nc1ccc(Nc2ccc(O)cc2COO)cc1. The molecule has 3 rings (SSSR count). The van der Waals surface area contributed by atoms with Gasteiger partial charge in [0.1, 0.15) is 18.1 Å². The summed E-state index contributed by atoms with van der Waals surface area (Å²) in [6, 6.07) is 14.6. The Hall–Kier alpha value is -4.08. The van der Waals surface area contributed by atoms with Crippen LogP contribution in [0, 0.1) is 0 Å². The molecule has 0 unspecified atom stereocenters. The molecule has 1 amide bonds. The Balaban J connectivity index is 1.74. The van der Waals surface area contributed by atoms with Crippen LogP contribution < -0.4 is 10.6 Å². The second kappa shape index (κ2) is 8.95. The maximum atomic E-state index is 12.4. The molecular formula is C21H18N2O7. The normalized spacial score (nSPS) is 10.4. The minimum Gasteiger partial charge on any atom is -0.508 e. The predicted molar refractivity (Wildman–Crippen MR) is 108 cm³/mol. The second-order valence-electron chi connectivity index (χ2n) is 6.31. The van der Waals surface area contributed by atoms with Crippen LogP contribution in [0.1, 0.15) is 26.3 Å². The van der Waals surface area contributed by atoms with Crippen molar-refractivity contribution < 1.29 is 35.1 Å². The molecule has 0 saturated carbocycles. The molecule has 30 heavy (non-hydrogen) atoms. The van der Waals surface area contributed by atoms with E-state index in [1.807, 2.05) is 0 Å². The smallest absolute Gasteiger partial charge is 0.336 e. The molecule has 0 spiro atoms. The maximum absolute atomic E-state index is 12.4. The van der Waals surface area contributed by atoms with E-state index < -0.39 is 11.9 Å². The average molecular weight is 410 g/mol. The Bertz CT molecular complexity index is 1080. The van der Waals surface area contributed by atoms with Gasteiger partial charge < -0.3 is 26.0 Å². The molecule has 3 aromatic carbocycles. The number of hydrogen-bond acceptors (Lipinski definition) is 7. The number of amides is 1. The Morgan fingerprint density at radius 2 is 1.47 bits per heavy atom. The first-order chi connectivity index (χ1) is 14.4. The van der Waals surface area contributed by atoms with Gasteiger partial charge in [0.25, 0.3) is 5.91 Å². The van der Waals surface area contributed by atoms with Crippen LogP contribution in [-0.4, -0.2) is 32.5 Å². The van der Waals surface area contributed by atoms with Gasteiger partial charge in [-0.05, 0) is 60.7 Å². The number of phenols is 2. The van der Waals surface area contributed by atoms with E-state index in [0.29, 0.717) is 22.6 Å². The van der Waals surface area contributed by atoms with Crippen molar-refractivity contribution in [3.8, 4) is 11.5 Å². The number of carbonyl (C=O) groups is 2. The summed E-state index contributed by atoms with van der Waals surface area (Å²) in [5.41, 5.74) is 1.84. The number of rotatable bonds is 7. The number of aromatic carboxylic acids is 1. The van der Waals surface area contributed by atoms with Crippen LogP contribution in [0.5, 0.6) is 11.5 Å². The van der Waals surface area contributed by atoms with Crippen LogP contribution in [0.3, 0.4) is 0 Å². The van der Waals surface area contributed by atoms with Gasteiger partial charge in [-0.1, -0.05) is 0 Å². The number of carbonyl (C=O) groups excluding carboxylic acids is 1. The number of carboxylic acids is 1. The minimum absolute atomic E-state index is 0.0284. The molecular weight excluding hydrogens is 392 g/mol. The molecule has 0 aliphatic carbocycles. The van der Waals surface area contributed by atoms with Crippen LogP contribution in [0.15, 0.2) is 60.7 Å². The lowest BCUT2D eigenvalue weighted by Crippen LogP contribution is -2.16. The van der Waals surface area contributed by atoms with E-state index in [2.05, 4.69) is 15.5 Å². The molecule has 154 valence electrons. The van der Waals surface area contributed by atoms with Gasteiger partial charge in [-0.2, -0.15) is 0 Å². The van der Waals surface area contributed by atoms with Crippen molar-refractivity contribution in [2.24, 2.45) is 0 Å². The zero-order valence-electron chi connectivity index (χ0n) is 15.5. The third-order valence-corrected chi connectivity index (χ3v) is 4.21. The molecule has 0 aliphatic heterocycles. The van der Waals surface area contributed by atoms with Crippen LogP contribution in [0.4, 0.5) is 17.1 Å². The van der Waals surface area contributed by atoms with Crippen molar-refractivity contribution in [3.63, 3.8) is 0 Å². The first kappa shape index (κ1) is 20.6. The average Bonchev–Trinajstić information content (AvgIpc) is 2.71. The zero-order valence-corrected chi connectivity index (χ0v) is 15.5. The van der Waals surface area contributed by atoms with Crippen molar-refractivity contribution >= 4 is 28.9 Å². The predicted octanol–water partition coefficient (Wildman–Crippen LogP) is 3.78. The molecule has 0 saturated heterocycles. The van der Waals surface area contributed by atoms with Crippen molar-refractivity contribution in [3.05, 3.63) is 77.4 Å².